The number of hydrogen-bond donors (Lipinski definition) is 2. The smallest absolute Gasteiger partial charge is 0.223 e. The van der Waals surface area contributed by atoms with Gasteiger partial charge in [0.2, 0.25) is 5.91 Å². The topological polar surface area (TPSA) is 58.6 Å². The Kier molecular flexibility index (Phi) is 9.67. The van der Waals surface area contributed by atoms with Gasteiger partial charge in [-0.05, 0) is 38.0 Å². The van der Waals surface area contributed by atoms with Gasteiger partial charge in [0.25, 0.3) is 0 Å². The molecule has 2 N–H and O–H groups in total. The van der Waals surface area contributed by atoms with E-state index in [9.17, 15) is 4.79 Å². The van der Waals surface area contributed by atoms with Crippen molar-refractivity contribution >= 4 is 5.91 Å². The fourth-order valence-electron chi connectivity index (χ4n) is 2.90. The van der Waals surface area contributed by atoms with Crippen molar-refractivity contribution in [1.29, 1.82) is 0 Å². The van der Waals surface area contributed by atoms with Crippen LogP contribution in [0.25, 0.3) is 0 Å². The Hall–Kier alpha value is -0.610. The van der Waals surface area contributed by atoms with Gasteiger partial charge in [-0.1, -0.05) is 26.2 Å². The monoisotopic (exact) mass is 285 g/mol. The highest BCUT2D eigenvalue weighted by atomic mass is 16.5. The largest absolute Gasteiger partial charge is 0.394 e. The van der Waals surface area contributed by atoms with Crippen LogP contribution in [0, 0.1) is 11.8 Å². The Morgan fingerprint density at radius 1 is 1.20 bits per heavy atom. The Morgan fingerprint density at radius 3 is 2.60 bits per heavy atom. The summed E-state index contributed by atoms with van der Waals surface area (Å²) in [4.78, 5) is 12.0. The number of aliphatic hydroxyl groups is 1. The minimum atomic E-state index is 0.0631. The van der Waals surface area contributed by atoms with Gasteiger partial charge < -0.3 is 15.2 Å². The summed E-state index contributed by atoms with van der Waals surface area (Å²) in [6.07, 6.45) is 9.32. The van der Waals surface area contributed by atoms with E-state index in [2.05, 4.69) is 12.2 Å². The third-order valence-corrected chi connectivity index (χ3v) is 4.18. The number of nitrogens with one attached hydrogen (secondary N) is 1. The van der Waals surface area contributed by atoms with Gasteiger partial charge in [0.15, 0.2) is 0 Å². The van der Waals surface area contributed by atoms with Gasteiger partial charge in [-0.2, -0.15) is 0 Å². The van der Waals surface area contributed by atoms with E-state index in [4.69, 9.17) is 9.84 Å². The van der Waals surface area contributed by atoms with Crippen molar-refractivity contribution in [3.8, 4) is 0 Å². The molecule has 4 nitrogen and oxygen atoms in total. The molecule has 0 spiro atoms. The van der Waals surface area contributed by atoms with Crippen molar-refractivity contribution in [2.75, 3.05) is 26.4 Å². The third-order valence-electron chi connectivity index (χ3n) is 4.18. The highest BCUT2D eigenvalue weighted by molar-refractivity contribution is 5.78. The minimum absolute atomic E-state index is 0.0631. The van der Waals surface area contributed by atoms with Gasteiger partial charge >= 0.3 is 0 Å². The minimum Gasteiger partial charge on any atom is -0.394 e. The van der Waals surface area contributed by atoms with E-state index in [1.807, 2.05) is 0 Å². The van der Waals surface area contributed by atoms with Crippen molar-refractivity contribution in [1.82, 2.24) is 5.32 Å². The van der Waals surface area contributed by atoms with Gasteiger partial charge in [-0.15, -0.1) is 0 Å². The van der Waals surface area contributed by atoms with E-state index in [1.54, 1.807) is 0 Å². The van der Waals surface area contributed by atoms with Gasteiger partial charge in [-0.3, -0.25) is 4.79 Å². The van der Waals surface area contributed by atoms with Crippen LogP contribution in [0.2, 0.25) is 0 Å². The Balaban J connectivity index is 2.04. The second kappa shape index (κ2) is 11.1. The van der Waals surface area contributed by atoms with E-state index in [0.29, 0.717) is 19.8 Å². The quantitative estimate of drug-likeness (QED) is 0.606. The first kappa shape index (κ1) is 17.4. The summed E-state index contributed by atoms with van der Waals surface area (Å²) in [5.41, 5.74) is 0. The number of carbonyl (C=O) groups excluding carboxylic acids is 1. The summed E-state index contributed by atoms with van der Waals surface area (Å²) in [6.45, 7) is 3.97. The molecular weight excluding hydrogens is 254 g/mol. The molecule has 0 aliphatic heterocycles. The first-order valence-electron chi connectivity index (χ1n) is 8.24. The van der Waals surface area contributed by atoms with Gasteiger partial charge in [0, 0.05) is 19.1 Å². The number of rotatable bonds is 10. The molecule has 118 valence electrons. The van der Waals surface area contributed by atoms with Crippen molar-refractivity contribution in [2.45, 2.75) is 58.3 Å². The number of carbonyl (C=O) groups is 1. The molecule has 20 heavy (non-hydrogen) atoms. The molecule has 1 aliphatic rings. The Bertz CT molecular complexity index is 250. The van der Waals surface area contributed by atoms with E-state index in [0.717, 1.165) is 25.2 Å². The fraction of sp³-hybridized carbons (Fsp3) is 0.938. The number of amides is 1. The molecule has 4 heteroatoms. The molecule has 1 fully saturated rings. The Morgan fingerprint density at radius 2 is 1.95 bits per heavy atom. The molecule has 0 unspecified atom stereocenters. The van der Waals surface area contributed by atoms with Crippen molar-refractivity contribution in [2.24, 2.45) is 11.8 Å². The SMILES string of the molecule is CCCCC1CCC(C(=O)NCCCOCCO)CC1. The van der Waals surface area contributed by atoms with Gasteiger partial charge in [0.1, 0.15) is 0 Å². The molecule has 1 saturated carbocycles. The van der Waals surface area contributed by atoms with Crippen LogP contribution in [0.5, 0.6) is 0 Å². The third kappa shape index (κ3) is 7.25. The standard InChI is InChI=1S/C16H31NO3/c1-2-3-5-14-6-8-15(9-7-14)16(19)17-10-4-12-20-13-11-18/h14-15,18H,2-13H2,1H3,(H,17,19). The molecule has 1 rings (SSSR count). The predicted molar refractivity (Wildman–Crippen MR) is 80.5 cm³/mol. The fourth-order valence-corrected chi connectivity index (χ4v) is 2.90. The van der Waals surface area contributed by atoms with E-state index < -0.39 is 0 Å². The van der Waals surface area contributed by atoms with Crippen molar-refractivity contribution in [3.05, 3.63) is 0 Å². The van der Waals surface area contributed by atoms with Crippen LogP contribution in [0.1, 0.15) is 58.3 Å². The Labute approximate surface area is 123 Å². The summed E-state index contributed by atoms with van der Waals surface area (Å²) in [5.74, 6) is 1.30. The van der Waals surface area contributed by atoms with Crippen molar-refractivity contribution < 1.29 is 14.6 Å². The summed E-state index contributed by atoms with van der Waals surface area (Å²) in [6, 6.07) is 0. The van der Waals surface area contributed by atoms with Crippen LogP contribution in [0.4, 0.5) is 0 Å². The molecule has 0 aromatic carbocycles. The second-order valence-corrected chi connectivity index (χ2v) is 5.84. The molecular formula is C16H31NO3. The molecule has 0 atom stereocenters. The summed E-state index contributed by atoms with van der Waals surface area (Å²) >= 11 is 0. The number of unbranched alkanes of at least 4 members (excludes halogenated alkanes) is 1. The highest BCUT2D eigenvalue weighted by Crippen LogP contribution is 2.31. The maximum absolute atomic E-state index is 12.0. The molecule has 0 aromatic rings. The molecule has 1 aliphatic carbocycles. The average Bonchev–Trinajstić information content (AvgIpc) is 2.49. The van der Waals surface area contributed by atoms with E-state index in [1.165, 1.54) is 32.1 Å². The molecule has 1 amide bonds. The van der Waals surface area contributed by atoms with Gasteiger partial charge in [-0.25, -0.2) is 0 Å². The molecule has 0 aromatic heterocycles. The maximum atomic E-state index is 12.0. The average molecular weight is 285 g/mol. The van der Waals surface area contributed by atoms with Crippen LogP contribution in [0.15, 0.2) is 0 Å². The zero-order valence-electron chi connectivity index (χ0n) is 12.9. The zero-order valence-corrected chi connectivity index (χ0v) is 12.9. The zero-order chi connectivity index (χ0) is 14.6. The molecule has 0 saturated heterocycles. The van der Waals surface area contributed by atoms with Crippen LogP contribution in [0.3, 0.4) is 0 Å². The van der Waals surface area contributed by atoms with Crippen LogP contribution < -0.4 is 5.32 Å². The second-order valence-electron chi connectivity index (χ2n) is 5.84. The lowest BCUT2D eigenvalue weighted by Crippen LogP contribution is -2.34. The number of ether oxygens (including phenoxy) is 1. The molecule has 0 bridgehead atoms. The van der Waals surface area contributed by atoms with E-state index in [-0.39, 0.29) is 18.4 Å². The van der Waals surface area contributed by atoms with Crippen LogP contribution >= 0.6 is 0 Å². The van der Waals surface area contributed by atoms with Gasteiger partial charge in [0.05, 0.1) is 13.2 Å². The summed E-state index contributed by atoms with van der Waals surface area (Å²) in [7, 11) is 0. The number of hydrogen-bond acceptors (Lipinski definition) is 3. The highest BCUT2D eigenvalue weighted by Gasteiger charge is 2.25. The van der Waals surface area contributed by atoms with E-state index >= 15 is 0 Å². The first-order chi connectivity index (χ1) is 9.77. The lowest BCUT2D eigenvalue weighted by atomic mass is 9.79. The summed E-state index contributed by atoms with van der Waals surface area (Å²) < 4.78 is 5.16. The normalized spacial score (nSPS) is 22.7. The molecule has 0 heterocycles. The first-order valence-corrected chi connectivity index (χ1v) is 8.24. The lowest BCUT2D eigenvalue weighted by molar-refractivity contribution is -0.126. The van der Waals surface area contributed by atoms with Crippen LogP contribution in [-0.2, 0) is 9.53 Å². The van der Waals surface area contributed by atoms with Crippen molar-refractivity contribution in [3.63, 3.8) is 0 Å². The lowest BCUT2D eigenvalue weighted by Gasteiger charge is -2.27. The summed E-state index contributed by atoms with van der Waals surface area (Å²) in [5, 5.41) is 11.6. The maximum Gasteiger partial charge on any atom is 0.223 e. The van der Waals surface area contributed by atoms with Crippen LogP contribution in [-0.4, -0.2) is 37.4 Å². The predicted octanol–water partition coefficient (Wildman–Crippen LogP) is 2.50. The number of aliphatic hydroxyl groups excluding tert-OH is 1. The molecule has 0 radical (unpaired) electrons.